The number of aliphatic hydroxyl groups is 1. The minimum absolute atomic E-state index is 0.0352. The second-order valence-electron chi connectivity index (χ2n) is 8.47. The van der Waals surface area contributed by atoms with Crippen LogP contribution in [0.4, 0.5) is 0 Å². The molecule has 3 rings (SSSR count). The molecule has 1 atom stereocenters. The first-order valence-electron chi connectivity index (χ1n) is 11.0. The van der Waals surface area contributed by atoms with Gasteiger partial charge in [-0.05, 0) is 51.7 Å². The summed E-state index contributed by atoms with van der Waals surface area (Å²) in [6.07, 6.45) is 0.658. The number of hydrogen-bond donors (Lipinski definition) is 1. The number of carbonyl (C=O) groups is 2. The zero-order chi connectivity index (χ0) is 25.0. The van der Waals surface area contributed by atoms with Crippen molar-refractivity contribution in [3.8, 4) is 17.2 Å². The van der Waals surface area contributed by atoms with Gasteiger partial charge in [-0.2, -0.15) is 0 Å². The highest BCUT2D eigenvalue weighted by Gasteiger charge is 2.46. The van der Waals surface area contributed by atoms with E-state index in [1.54, 1.807) is 24.3 Å². The summed E-state index contributed by atoms with van der Waals surface area (Å²) in [6.45, 7) is 3.01. The van der Waals surface area contributed by atoms with Gasteiger partial charge in [-0.1, -0.05) is 29.8 Å². The Labute approximate surface area is 200 Å². The van der Waals surface area contributed by atoms with Crippen LogP contribution in [0.25, 0.3) is 5.76 Å². The Bertz CT molecular complexity index is 1070. The number of carbonyl (C=O) groups excluding carboxylic acids is 2. The molecule has 0 aliphatic carbocycles. The second-order valence-corrected chi connectivity index (χ2v) is 8.47. The number of rotatable bonds is 9. The molecule has 0 aromatic heterocycles. The van der Waals surface area contributed by atoms with Crippen LogP contribution in [0.2, 0.25) is 0 Å². The van der Waals surface area contributed by atoms with Crippen LogP contribution in [0.15, 0.2) is 42.0 Å². The van der Waals surface area contributed by atoms with Crippen LogP contribution in [-0.2, 0) is 9.59 Å². The van der Waals surface area contributed by atoms with E-state index in [1.807, 2.05) is 38.1 Å². The number of Topliss-reactive ketones (excluding diaryl/α,β-unsaturated/α-hetero) is 1. The van der Waals surface area contributed by atoms with Crippen molar-refractivity contribution in [2.75, 3.05) is 48.5 Å². The zero-order valence-electron chi connectivity index (χ0n) is 20.5. The van der Waals surface area contributed by atoms with Gasteiger partial charge >= 0.3 is 0 Å². The van der Waals surface area contributed by atoms with Gasteiger partial charge in [-0.3, -0.25) is 9.59 Å². The molecule has 0 bridgehead atoms. The van der Waals surface area contributed by atoms with Gasteiger partial charge in [0, 0.05) is 12.1 Å². The normalized spacial score (nSPS) is 17.4. The number of benzene rings is 2. The Balaban J connectivity index is 2.21. The van der Waals surface area contributed by atoms with Gasteiger partial charge in [0.2, 0.25) is 5.75 Å². The van der Waals surface area contributed by atoms with Crippen molar-refractivity contribution in [2.24, 2.45) is 0 Å². The van der Waals surface area contributed by atoms with E-state index in [0.29, 0.717) is 41.3 Å². The smallest absolute Gasteiger partial charge is 0.295 e. The Morgan fingerprint density at radius 1 is 1.00 bits per heavy atom. The lowest BCUT2D eigenvalue weighted by atomic mass is 9.94. The lowest BCUT2D eigenvalue weighted by Gasteiger charge is -2.27. The van der Waals surface area contributed by atoms with Crippen LogP contribution in [0.5, 0.6) is 17.2 Å². The fourth-order valence-electron chi connectivity index (χ4n) is 4.14. The minimum Gasteiger partial charge on any atom is -0.507 e. The quantitative estimate of drug-likeness (QED) is 0.343. The number of ether oxygens (including phenoxy) is 3. The SMILES string of the molecule is COc1cc(C2/C(=C(/O)c3ccc(C)cc3)C(=O)C(=O)N2CCCN(C)C)cc(OC)c1OC. The fourth-order valence-corrected chi connectivity index (χ4v) is 4.14. The molecule has 34 heavy (non-hydrogen) atoms. The number of ketones is 1. The predicted molar refractivity (Wildman–Crippen MR) is 129 cm³/mol. The predicted octanol–water partition coefficient (Wildman–Crippen LogP) is 3.39. The van der Waals surface area contributed by atoms with Gasteiger partial charge in [-0.25, -0.2) is 0 Å². The van der Waals surface area contributed by atoms with E-state index in [1.165, 1.54) is 26.2 Å². The molecule has 1 saturated heterocycles. The first-order valence-corrected chi connectivity index (χ1v) is 11.0. The largest absolute Gasteiger partial charge is 0.507 e. The lowest BCUT2D eigenvalue weighted by molar-refractivity contribution is -0.139. The highest BCUT2D eigenvalue weighted by atomic mass is 16.5. The third-order valence-corrected chi connectivity index (χ3v) is 5.87. The maximum absolute atomic E-state index is 13.2. The highest BCUT2D eigenvalue weighted by Crippen LogP contribution is 2.45. The van der Waals surface area contributed by atoms with Crippen molar-refractivity contribution in [3.63, 3.8) is 0 Å². The number of aliphatic hydroxyl groups excluding tert-OH is 1. The number of hydrogen-bond acceptors (Lipinski definition) is 7. The molecule has 1 heterocycles. The summed E-state index contributed by atoms with van der Waals surface area (Å²) in [4.78, 5) is 29.8. The summed E-state index contributed by atoms with van der Waals surface area (Å²) in [6, 6.07) is 9.76. The zero-order valence-corrected chi connectivity index (χ0v) is 20.5. The molecule has 8 heteroatoms. The average Bonchev–Trinajstić information content (AvgIpc) is 3.07. The van der Waals surface area contributed by atoms with E-state index in [-0.39, 0.29) is 11.3 Å². The van der Waals surface area contributed by atoms with Crippen LogP contribution >= 0.6 is 0 Å². The molecule has 1 N–H and O–H groups in total. The summed E-state index contributed by atoms with van der Waals surface area (Å²) >= 11 is 0. The summed E-state index contributed by atoms with van der Waals surface area (Å²) in [5, 5.41) is 11.2. The van der Waals surface area contributed by atoms with Crippen LogP contribution < -0.4 is 14.2 Å². The molecule has 1 amide bonds. The molecule has 2 aromatic rings. The lowest BCUT2D eigenvalue weighted by Crippen LogP contribution is -2.32. The molecule has 1 aliphatic rings. The van der Waals surface area contributed by atoms with Crippen molar-refractivity contribution >= 4 is 17.4 Å². The van der Waals surface area contributed by atoms with Gasteiger partial charge in [0.1, 0.15) is 5.76 Å². The van der Waals surface area contributed by atoms with Crippen molar-refractivity contribution in [1.82, 2.24) is 9.80 Å². The molecule has 0 radical (unpaired) electrons. The van der Waals surface area contributed by atoms with E-state index in [0.717, 1.165) is 12.1 Å². The van der Waals surface area contributed by atoms with Gasteiger partial charge in [0.15, 0.2) is 11.5 Å². The summed E-state index contributed by atoms with van der Waals surface area (Å²) in [5.41, 5.74) is 2.09. The highest BCUT2D eigenvalue weighted by molar-refractivity contribution is 6.46. The van der Waals surface area contributed by atoms with Gasteiger partial charge < -0.3 is 29.1 Å². The fraction of sp³-hybridized carbons (Fsp3) is 0.385. The van der Waals surface area contributed by atoms with Crippen molar-refractivity contribution in [3.05, 3.63) is 58.7 Å². The molecule has 0 spiro atoms. The Morgan fingerprint density at radius 2 is 1.59 bits per heavy atom. The van der Waals surface area contributed by atoms with E-state index in [4.69, 9.17) is 14.2 Å². The second kappa shape index (κ2) is 10.6. The maximum Gasteiger partial charge on any atom is 0.295 e. The van der Waals surface area contributed by atoms with Crippen molar-refractivity contribution in [2.45, 2.75) is 19.4 Å². The number of likely N-dealkylation sites (tertiary alicyclic amines) is 1. The molecular formula is C26H32N2O6. The first-order chi connectivity index (χ1) is 16.2. The number of methoxy groups -OCH3 is 3. The third-order valence-electron chi connectivity index (χ3n) is 5.87. The summed E-state index contributed by atoms with van der Waals surface area (Å²) < 4.78 is 16.4. The minimum atomic E-state index is -0.808. The molecule has 1 unspecified atom stereocenters. The molecule has 2 aromatic carbocycles. The van der Waals surface area contributed by atoms with Crippen LogP contribution in [0, 0.1) is 6.92 Å². The van der Waals surface area contributed by atoms with Gasteiger partial charge in [0.25, 0.3) is 11.7 Å². The monoisotopic (exact) mass is 468 g/mol. The number of amides is 1. The molecule has 182 valence electrons. The standard InChI is InChI=1S/C26H32N2O6/c1-16-8-10-17(11-9-16)23(29)21-22(28(26(31)24(21)30)13-7-12-27(2)3)18-14-19(32-4)25(34-6)20(15-18)33-5/h8-11,14-15,22,29H,7,12-13H2,1-6H3/b23-21-. The Kier molecular flexibility index (Phi) is 7.83. The molecular weight excluding hydrogens is 436 g/mol. The Morgan fingerprint density at radius 3 is 2.09 bits per heavy atom. The van der Waals surface area contributed by atoms with E-state index in [9.17, 15) is 14.7 Å². The number of aryl methyl sites for hydroxylation is 1. The Hall–Kier alpha value is -3.52. The topological polar surface area (TPSA) is 88.5 Å². The van der Waals surface area contributed by atoms with E-state index in [2.05, 4.69) is 0 Å². The maximum atomic E-state index is 13.2. The van der Waals surface area contributed by atoms with Crippen molar-refractivity contribution in [1.29, 1.82) is 0 Å². The third kappa shape index (κ3) is 4.87. The van der Waals surface area contributed by atoms with Crippen LogP contribution in [0.3, 0.4) is 0 Å². The summed E-state index contributed by atoms with van der Waals surface area (Å²) in [7, 11) is 8.40. The van der Waals surface area contributed by atoms with E-state index < -0.39 is 17.7 Å². The van der Waals surface area contributed by atoms with E-state index >= 15 is 0 Å². The number of nitrogens with zero attached hydrogens (tertiary/aromatic N) is 2. The molecule has 1 fully saturated rings. The average molecular weight is 469 g/mol. The molecule has 0 saturated carbocycles. The molecule has 8 nitrogen and oxygen atoms in total. The van der Waals surface area contributed by atoms with Crippen LogP contribution in [0.1, 0.15) is 29.2 Å². The first kappa shape index (κ1) is 25.1. The summed E-state index contributed by atoms with van der Waals surface area (Å²) in [5.74, 6) is -0.394. The van der Waals surface area contributed by atoms with Crippen LogP contribution in [-0.4, -0.2) is 75.1 Å². The van der Waals surface area contributed by atoms with Gasteiger partial charge in [-0.15, -0.1) is 0 Å². The van der Waals surface area contributed by atoms with Gasteiger partial charge in [0.05, 0.1) is 32.9 Å². The molecule has 1 aliphatic heterocycles. The van der Waals surface area contributed by atoms with Crippen molar-refractivity contribution < 1.29 is 28.9 Å².